The zero-order chi connectivity index (χ0) is 22.9. The van der Waals surface area contributed by atoms with Gasteiger partial charge < -0.3 is 4.74 Å². The number of methoxy groups -OCH3 is 1. The normalized spacial score (nSPS) is 12.3. The Hall–Kier alpha value is -3.29. The van der Waals surface area contributed by atoms with Crippen molar-refractivity contribution in [1.82, 2.24) is 19.2 Å². The standard InChI is InChI=1S/C25H21ClN4O2S/c1-16(18-10-4-6-12-20(18)26)33-25-28-27-24-29(15-17-9-3-8-14-22(17)32-2)23(31)19-11-5-7-13-21(19)30(24)25/h3-14,16H,15H2,1-2H3. The van der Waals surface area contributed by atoms with Crippen LogP contribution in [0.4, 0.5) is 0 Å². The molecule has 0 N–H and O–H groups in total. The maximum atomic E-state index is 13.5. The molecule has 6 nitrogen and oxygen atoms in total. The molecule has 5 rings (SSSR count). The van der Waals surface area contributed by atoms with Crippen molar-refractivity contribution in [1.29, 1.82) is 0 Å². The maximum Gasteiger partial charge on any atom is 0.263 e. The highest BCUT2D eigenvalue weighted by Crippen LogP contribution is 2.37. The quantitative estimate of drug-likeness (QED) is 0.298. The van der Waals surface area contributed by atoms with E-state index in [4.69, 9.17) is 16.3 Å². The summed E-state index contributed by atoms with van der Waals surface area (Å²) in [7, 11) is 1.62. The van der Waals surface area contributed by atoms with Gasteiger partial charge in [-0.05, 0) is 36.8 Å². The van der Waals surface area contributed by atoms with Crippen molar-refractivity contribution in [2.45, 2.75) is 23.9 Å². The Morgan fingerprint density at radius 2 is 1.73 bits per heavy atom. The summed E-state index contributed by atoms with van der Waals surface area (Å²) in [5.41, 5.74) is 2.56. The monoisotopic (exact) mass is 476 g/mol. The number of benzene rings is 3. The molecule has 0 saturated carbocycles. The molecule has 2 heterocycles. The summed E-state index contributed by atoms with van der Waals surface area (Å²) >= 11 is 7.98. The fourth-order valence-electron chi connectivity index (χ4n) is 3.98. The summed E-state index contributed by atoms with van der Waals surface area (Å²) in [6.45, 7) is 2.40. The lowest BCUT2D eigenvalue weighted by Crippen LogP contribution is -2.24. The topological polar surface area (TPSA) is 61.4 Å². The van der Waals surface area contributed by atoms with Gasteiger partial charge in [-0.25, -0.2) is 0 Å². The van der Waals surface area contributed by atoms with Crippen LogP contribution in [0.1, 0.15) is 23.3 Å². The Morgan fingerprint density at radius 1 is 1.00 bits per heavy atom. The minimum absolute atomic E-state index is 0.0412. The first-order chi connectivity index (χ1) is 16.1. The Morgan fingerprint density at radius 3 is 2.55 bits per heavy atom. The van der Waals surface area contributed by atoms with Crippen LogP contribution in [0.3, 0.4) is 0 Å². The minimum Gasteiger partial charge on any atom is -0.496 e. The summed E-state index contributed by atoms with van der Waals surface area (Å²) in [5, 5.41) is 11.0. The lowest BCUT2D eigenvalue weighted by molar-refractivity contribution is 0.408. The van der Waals surface area contributed by atoms with Crippen LogP contribution in [0.25, 0.3) is 16.7 Å². The van der Waals surface area contributed by atoms with Crippen molar-refractivity contribution in [3.63, 3.8) is 0 Å². The smallest absolute Gasteiger partial charge is 0.263 e. The van der Waals surface area contributed by atoms with E-state index in [0.29, 0.717) is 27.9 Å². The second-order valence-corrected chi connectivity index (χ2v) is 9.34. The molecule has 5 aromatic rings. The molecule has 0 radical (unpaired) electrons. The van der Waals surface area contributed by atoms with Gasteiger partial charge in [0.25, 0.3) is 5.56 Å². The molecule has 1 unspecified atom stereocenters. The minimum atomic E-state index is -0.118. The number of halogens is 1. The van der Waals surface area contributed by atoms with Crippen LogP contribution in [-0.2, 0) is 6.54 Å². The molecule has 0 aliphatic heterocycles. The predicted molar refractivity (Wildman–Crippen MR) is 133 cm³/mol. The number of para-hydroxylation sites is 2. The molecule has 166 valence electrons. The van der Waals surface area contributed by atoms with Crippen LogP contribution in [0.5, 0.6) is 5.75 Å². The molecule has 1 atom stereocenters. The van der Waals surface area contributed by atoms with Gasteiger partial charge in [-0.2, -0.15) is 0 Å². The Bertz CT molecular complexity index is 1530. The van der Waals surface area contributed by atoms with Crippen molar-refractivity contribution >= 4 is 40.0 Å². The Labute approximate surface area is 199 Å². The fraction of sp³-hybridized carbons (Fsp3) is 0.160. The second kappa shape index (κ2) is 8.92. The molecule has 3 aromatic carbocycles. The number of hydrogen-bond donors (Lipinski definition) is 0. The van der Waals surface area contributed by atoms with Crippen molar-refractivity contribution in [2.24, 2.45) is 0 Å². The van der Waals surface area contributed by atoms with Gasteiger partial charge in [0.15, 0.2) is 5.16 Å². The SMILES string of the molecule is COc1ccccc1Cn1c(=O)c2ccccc2n2c(SC(C)c3ccccc3Cl)nnc12. The van der Waals surface area contributed by atoms with Crippen molar-refractivity contribution in [2.75, 3.05) is 7.11 Å². The molecule has 8 heteroatoms. The molecule has 33 heavy (non-hydrogen) atoms. The molecule has 0 bridgehead atoms. The first kappa shape index (κ1) is 21.6. The molecule has 0 fully saturated rings. The van der Waals surface area contributed by atoms with Crippen LogP contribution >= 0.6 is 23.4 Å². The summed E-state index contributed by atoms with van der Waals surface area (Å²) in [6, 6.07) is 23.0. The number of aromatic nitrogens is 4. The number of hydrogen-bond acceptors (Lipinski definition) is 5. The molecule has 0 spiro atoms. The summed E-state index contributed by atoms with van der Waals surface area (Å²) in [5.74, 6) is 1.20. The van der Waals surface area contributed by atoms with Gasteiger partial charge in [0.2, 0.25) is 5.78 Å². The zero-order valence-electron chi connectivity index (χ0n) is 18.1. The van der Waals surface area contributed by atoms with Gasteiger partial charge in [0, 0.05) is 15.8 Å². The Balaban J connectivity index is 1.68. The highest BCUT2D eigenvalue weighted by Gasteiger charge is 2.20. The van der Waals surface area contributed by atoms with Crippen LogP contribution in [-0.4, -0.2) is 26.3 Å². The maximum absolute atomic E-state index is 13.5. The van der Waals surface area contributed by atoms with Gasteiger partial charge in [-0.3, -0.25) is 13.8 Å². The number of rotatable bonds is 6. The van der Waals surface area contributed by atoms with Crippen LogP contribution < -0.4 is 10.3 Å². The molecular weight excluding hydrogens is 456 g/mol. The number of fused-ring (bicyclic) bond motifs is 3. The van der Waals surface area contributed by atoms with E-state index in [1.165, 1.54) is 0 Å². The van der Waals surface area contributed by atoms with E-state index in [-0.39, 0.29) is 10.8 Å². The third-order valence-electron chi connectivity index (χ3n) is 5.62. The van der Waals surface area contributed by atoms with E-state index < -0.39 is 0 Å². The molecule has 2 aromatic heterocycles. The third-order valence-corrected chi connectivity index (χ3v) is 7.05. The molecular formula is C25H21ClN4O2S. The van der Waals surface area contributed by atoms with Crippen molar-refractivity contribution in [3.05, 3.63) is 99.3 Å². The first-order valence-electron chi connectivity index (χ1n) is 10.5. The van der Waals surface area contributed by atoms with Gasteiger partial charge in [-0.1, -0.05) is 71.9 Å². The van der Waals surface area contributed by atoms with Gasteiger partial charge >= 0.3 is 0 Å². The van der Waals surface area contributed by atoms with E-state index in [1.54, 1.807) is 23.4 Å². The lowest BCUT2D eigenvalue weighted by Gasteiger charge is -2.15. The number of nitrogens with zero attached hydrogens (tertiary/aromatic N) is 4. The summed E-state index contributed by atoms with van der Waals surface area (Å²) in [6.07, 6.45) is 0. The average Bonchev–Trinajstić information content (AvgIpc) is 3.25. The van der Waals surface area contributed by atoms with Crippen LogP contribution in [0, 0.1) is 0 Å². The van der Waals surface area contributed by atoms with Crippen LogP contribution in [0.2, 0.25) is 5.02 Å². The third kappa shape index (κ3) is 3.87. The van der Waals surface area contributed by atoms with Crippen LogP contribution in [0.15, 0.2) is 82.7 Å². The van der Waals surface area contributed by atoms with Gasteiger partial charge in [0.05, 0.1) is 24.6 Å². The van der Waals surface area contributed by atoms with E-state index in [0.717, 1.165) is 22.4 Å². The number of ether oxygens (including phenoxy) is 1. The van der Waals surface area contributed by atoms with Crippen molar-refractivity contribution in [3.8, 4) is 5.75 Å². The summed E-state index contributed by atoms with van der Waals surface area (Å²) < 4.78 is 9.10. The number of thioether (sulfide) groups is 1. The largest absolute Gasteiger partial charge is 0.496 e. The van der Waals surface area contributed by atoms with Gasteiger partial charge in [-0.15, -0.1) is 10.2 Å². The average molecular weight is 477 g/mol. The molecule has 0 saturated heterocycles. The highest BCUT2D eigenvalue weighted by atomic mass is 35.5. The van der Waals surface area contributed by atoms with E-state index >= 15 is 0 Å². The van der Waals surface area contributed by atoms with E-state index in [9.17, 15) is 4.79 Å². The van der Waals surface area contributed by atoms with Gasteiger partial charge in [0.1, 0.15) is 5.75 Å². The second-order valence-electron chi connectivity index (χ2n) is 7.62. The molecule has 0 aliphatic carbocycles. The predicted octanol–water partition coefficient (Wildman–Crippen LogP) is 5.61. The zero-order valence-corrected chi connectivity index (χ0v) is 19.7. The van der Waals surface area contributed by atoms with Crippen molar-refractivity contribution < 1.29 is 4.74 Å². The first-order valence-corrected chi connectivity index (χ1v) is 11.7. The fourth-order valence-corrected chi connectivity index (χ4v) is 5.37. The lowest BCUT2D eigenvalue weighted by atomic mass is 10.2. The Kier molecular flexibility index (Phi) is 5.83. The highest BCUT2D eigenvalue weighted by molar-refractivity contribution is 7.99. The molecule has 0 amide bonds. The molecule has 0 aliphatic rings. The van der Waals surface area contributed by atoms with E-state index in [2.05, 4.69) is 17.1 Å². The summed E-state index contributed by atoms with van der Waals surface area (Å²) in [4.78, 5) is 13.5. The van der Waals surface area contributed by atoms with E-state index in [1.807, 2.05) is 77.2 Å².